The standard InChI is InChI=1S/C13H15ClINO3/c1-3-4-16(5-6-17)13(18)9-7-10(14)11(15)8-12(9)19-2/h3,7-8,17H,1,4-6H2,2H3. The molecule has 0 aliphatic heterocycles. The first-order chi connectivity index (χ1) is 9.04. The minimum absolute atomic E-state index is 0.111. The lowest BCUT2D eigenvalue weighted by Crippen LogP contribution is -2.34. The number of nitrogens with zero attached hydrogens (tertiary/aromatic N) is 1. The summed E-state index contributed by atoms with van der Waals surface area (Å²) in [5.41, 5.74) is 0.378. The van der Waals surface area contributed by atoms with Crippen LogP contribution < -0.4 is 4.74 Å². The molecule has 0 fully saturated rings. The van der Waals surface area contributed by atoms with Crippen molar-refractivity contribution >= 4 is 40.1 Å². The van der Waals surface area contributed by atoms with Crippen molar-refractivity contribution in [2.45, 2.75) is 0 Å². The lowest BCUT2D eigenvalue weighted by atomic mass is 10.1. The van der Waals surface area contributed by atoms with Gasteiger partial charge in [0, 0.05) is 16.7 Å². The van der Waals surface area contributed by atoms with Crippen LogP contribution in [0.3, 0.4) is 0 Å². The predicted molar refractivity (Wildman–Crippen MR) is 83.9 cm³/mol. The summed E-state index contributed by atoms with van der Waals surface area (Å²) in [4.78, 5) is 13.9. The molecule has 19 heavy (non-hydrogen) atoms. The van der Waals surface area contributed by atoms with E-state index in [1.54, 1.807) is 18.2 Å². The molecule has 0 aliphatic rings. The zero-order valence-corrected chi connectivity index (χ0v) is 13.4. The van der Waals surface area contributed by atoms with E-state index in [2.05, 4.69) is 29.2 Å². The Hall–Kier alpha value is -0.790. The Kier molecular flexibility index (Phi) is 6.60. The van der Waals surface area contributed by atoms with Gasteiger partial charge in [-0.05, 0) is 34.7 Å². The first-order valence-electron chi connectivity index (χ1n) is 5.59. The smallest absolute Gasteiger partial charge is 0.258 e. The number of rotatable bonds is 6. The van der Waals surface area contributed by atoms with Crippen LogP contribution in [-0.4, -0.2) is 42.7 Å². The van der Waals surface area contributed by atoms with Crippen molar-refractivity contribution in [2.24, 2.45) is 0 Å². The van der Waals surface area contributed by atoms with Crippen LogP contribution >= 0.6 is 34.2 Å². The Labute approximate surface area is 131 Å². The van der Waals surface area contributed by atoms with Crippen molar-refractivity contribution in [1.29, 1.82) is 0 Å². The number of carbonyl (C=O) groups is 1. The Morgan fingerprint density at radius 2 is 2.32 bits per heavy atom. The van der Waals surface area contributed by atoms with Gasteiger partial charge in [-0.2, -0.15) is 0 Å². The minimum atomic E-state index is -0.246. The molecule has 0 atom stereocenters. The lowest BCUT2D eigenvalue weighted by molar-refractivity contribution is 0.0739. The fourth-order valence-corrected chi connectivity index (χ4v) is 2.19. The van der Waals surface area contributed by atoms with Crippen LogP contribution in [0, 0.1) is 3.57 Å². The third kappa shape index (κ3) is 4.09. The van der Waals surface area contributed by atoms with Crippen molar-refractivity contribution in [1.82, 2.24) is 4.90 Å². The molecule has 6 heteroatoms. The minimum Gasteiger partial charge on any atom is -0.496 e. The number of carbonyl (C=O) groups excluding carboxylic acids is 1. The molecular formula is C13H15ClINO3. The van der Waals surface area contributed by atoms with E-state index in [1.165, 1.54) is 12.0 Å². The van der Waals surface area contributed by atoms with Crippen molar-refractivity contribution in [3.05, 3.63) is 38.9 Å². The van der Waals surface area contributed by atoms with Crippen molar-refractivity contribution < 1.29 is 14.6 Å². The molecule has 104 valence electrons. The van der Waals surface area contributed by atoms with Gasteiger partial charge < -0.3 is 14.7 Å². The molecule has 1 aromatic rings. The molecule has 0 aliphatic carbocycles. The van der Waals surface area contributed by atoms with Crippen LogP contribution in [0.1, 0.15) is 10.4 Å². The third-order valence-corrected chi connectivity index (χ3v) is 4.00. The van der Waals surface area contributed by atoms with Crippen molar-refractivity contribution in [3.63, 3.8) is 0 Å². The van der Waals surface area contributed by atoms with Gasteiger partial charge in [-0.25, -0.2) is 0 Å². The fraction of sp³-hybridized carbons (Fsp3) is 0.308. The van der Waals surface area contributed by atoms with E-state index >= 15 is 0 Å². The summed E-state index contributed by atoms with van der Waals surface area (Å²) >= 11 is 8.11. The highest BCUT2D eigenvalue weighted by atomic mass is 127. The number of hydrogen-bond donors (Lipinski definition) is 1. The number of halogens is 2. The molecule has 1 amide bonds. The second kappa shape index (κ2) is 7.72. The Morgan fingerprint density at radius 3 is 2.84 bits per heavy atom. The molecule has 4 nitrogen and oxygen atoms in total. The van der Waals surface area contributed by atoms with Crippen LogP contribution in [0.4, 0.5) is 0 Å². The fourth-order valence-electron chi connectivity index (χ4n) is 1.59. The molecule has 0 saturated carbocycles. The topological polar surface area (TPSA) is 49.8 Å². The number of ether oxygens (including phenoxy) is 1. The summed E-state index contributed by atoms with van der Waals surface area (Å²) in [5.74, 6) is 0.218. The maximum atomic E-state index is 12.4. The second-order valence-corrected chi connectivity index (χ2v) is 5.30. The molecule has 0 unspecified atom stereocenters. The van der Waals surface area contributed by atoms with E-state index < -0.39 is 0 Å². The average Bonchev–Trinajstić information content (AvgIpc) is 2.40. The molecular weight excluding hydrogens is 381 g/mol. The molecule has 1 aromatic carbocycles. The monoisotopic (exact) mass is 395 g/mol. The van der Waals surface area contributed by atoms with E-state index in [-0.39, 0.29) is 19.1 Å². The molecule has 0 bridgehead atoms. The van der Waals surface area contributed by atoms with Crippen LogP contribution in [0.25, 0.3) is 0 Å². The molecule has 0 spiro atoms. The normalized spacial score (nSPS) is 10.1. The van der Waals surface area contributed by atoms with E-state index in [0.717, 1.165) is 3.57 Å². The first kappa shape index (κ1) is 16.3. The van der Waals surface area contributed by atoms with Crippen LogP contribution in [0.5, 0.6) is 5.75 Å². The Morgan fingerprint density at radius 1 is 1.63 bits per heavy atom. The number of methoxy groups -OCH3 is 1. The first-order valence-corrected chi connectivity index (χ1v) is 7.04. The zero-order valence-electron chi connectivity index (χ0n) is 10.5. The van der Waals surface area contributed by atoms with E-state index in [9.17, 15) is 4.79 Å². The third-order valence-electron chi connectivity index (χ3n) is 2.48. The van der Waals surface area contributed by atoms with E-state index in [4.69, 9.17) is 21.4 Å². The Balaban J connectivity index is 3.15. The summed E-state index contributed by atoms with van der Waals surface area (Å²) in [6, 6.07) is 3.29. The van der Waals surface area contributed by atoms with Gasteiger partial charge in [0.15, 0.2) is 0 Å². The molecule has 0 radical (unpaired) electrons. The van der Waals surface area contributed by atoms with Gasteiger partial charge in [0.2, 0.25) is 0 Å². The highest BCUT2D eigenvalue weighted by Gasteiger charge is 2.20. The number of amides is 1. The summed E-state index contributed by atoms with van der Waals surface area (Å²) < 4.78 is 6.02. The lowest BCUT2D eigenvalue weighted by Gasteiger charge is -2.21. The van der Waals surface area contributed by atoms with Gasteiger partial charge in [0.1, 0.15) is 5.75 Å². The quantitative estimate of drug-likeness (QED) is 0.595. The summed E-state index contributed by atoms with van der Waals surface area (Å²) in [6.45, 7) is 4.07. The van der Waals surface area contributed by atoms with Gasteiger partial charge in [0.25, 0.3) is 5.91 Å². The van der Waals surface area contributed by atoms with E-state index in [0.29, 0.717) is 22.9 Å². The Bertz CT molecular complexity index is 479. The van der Waals surface area contributed by atoms with Crippen molar-refractivity contribution in [2.75, 3.05) is 26.8 Å². The SMILES string of the molecule is C=CCN(CCO)C(=O)c1cc(Cl)c(I)cc1OC. The number of hydrogen-bond acceptors (Lipinski definition) is 3. The summed E-state index contributed by atoms with van der Waals surface area (Å²) in [5, 5.41) is 9.49. The number of aliphatic hydroxyl groups is 1. The second-order valence-electron chi connectivity index (χ2n) is 3.73. The van der Waals surface area contributed by atoms with Gasteiger partial charge in [-0.15, -0.1) is 6.58 Å². The molecule has 1 rings (SSSR count). The van der Waals surface area contributed by atoms with Crippen LogP contribution in [-0.2, 0) is 0 Å². The van der Waals surface area contributed by atoms with Crippen LogP contribution in [0.2, 0.25) is 5.02 Å². The van der Waals surface area contributed by atoms with Gasteiger partial charge >= 0.3 is 0 Å². The summed E-state index contributed by atoms with van der Waals surface area (Å²) in [7, 11) is 1.50. The maximum absolute atomic E-state index is 12.4. The van der Waals surface area contributed by atoms with Gasteiger partial charge in [-0.3, -0.25) is 4.79 Å². The zero-order chi connectivity index (χ0) is 14.4. The highest BCUT2D eigenvalue weighted by molar-refractivity contribution is 14.1. The van der Waals surface area contributed by atoms with E-state index in [1.807, 2.05) is 0 Å². The van der Waals surface area contributed by atoms with Gasteiger partial charge in [0.05, 0.1) is 24.3 Å². The highest BCUT2D eigenvalue weighted by Crippen LogP contribution is 2.29. The largest absolute Gasteiger partial charge is 0.496 e. The molecule has 1 N–H and O–H groups in total. The average molecular weight is 396 g/mol. The maximum Gasteiger partial charge on any atom is 0.258 e. The van der Waals surface area contributed by atoms with Crippen LogP contribution in [0.15, 0.2) is 24.8 Å². The molecule has 0 aromatic heterocycles. The predicted octanol–water partition coefficient (Wildman–Crippen LogP) is 2.57. The summed E-state index contributed by atoms with van der Waals surface area (Å²) in [6.07, 6.45) is 1.61. The van der Waals surface area contributed by atoms with Gasteiger partial charge in [-0.1, -0.05) is 17.7 Å². The molecule has 0 heterocycles. The number of aliphatic hydroxyl groups excluding tert-OH is 1. The van der Waals surface area contributed by atoms with Crippen molar-refractivity contribution in [3.8, 4) is 5.75 Å². The molecule has 0 saturated heterocycles. The number of benzene rings is 1.